The van der Waals surface area contributed by atoms with Gasteiger partial charge in [-0.2, -0.15) is 0 Å². The standard InChI is InChI=1S/C19H22N4O4/c1-14-8-10-21(11-9-14)16-4-2-15(3-5-16)20-18(24)13-22-12-17(23(26)27)6-7-19(22)25/h2-7,12,14H,8-11,13H2,1H3,(H,20,24). The van der Waals surface area contributed by atoms with Crippen LogP contribution >= 0.6 is 0 Å². The second-order valence-corrected chi connectivity index (χ2v) is 6.88. The molecule has 1 amide bonds. The molecule has 3 rings (SSSR count). The van der Waals surface area contributed by atoms with E-state index in [9.17, 15) is 19.7 Å². The Morgan fingerprint density at radius 3 is 2.48 bits per heavy atom. The number of carbonyl (C=O) groups excluding carboxylic acids is 1. The molecule has 8 heteroatoms. The number of hydrogen-bond donors (Lipinski definition) is 1. The molecule has 0 radical (unpaired) electrons. The van der Waals surface area contributed by atoms with Crippen LogP contribution < -0.4 is 15.8 Å². The fourth-order valence-corrected chi connectivity index (χ4v) is 3.13. The lowest BCUT2D eigenvalue weighted by Crippen LogP contribution is -2.32. The van der Waals surface area contributed by atoms with Crippen LogP contribution in [-0.2, 0) is 11.3 Å². The minimum atomic E-state index is -0.603. The molecule has 0 saturated carbocycles. The first-order valence-corrected chi connectivity index (χ1v) is 8.92. The second kappa shape index (κ2) is 8.03. The number of nitro groups is 1. The van der Waals surface area contributed by atoms with Crippen molar-refractivity contribution in [1.82, 2.24) is 4.57 Å². The normalized spacial score (nSPS) is 14.8. The van der Waals surface area contributed by atoms with Crippen molar-refractivity contribution in [3.05, 3.63) is 63.1 Å². The van der Waals surface area contributed by atoms with E-state index in [4.69, 9.17) is 0 Å². The predicted molar refractivity (Wildman–Crippen MR) is 103 cm³/mol. The van der Waals surface area contributed by atoms with Gasteiger partial charge in [0.15, 0.2) is 0 Å². The molecule has 2 aromatic rings. The molecule has 142 valence electrons. The molecule has 2 heterocycles. The molecule has 0 bridgehead atoms. The number of carbonyl (C=O) groups is 1. The van der Waals surface area contributed by atoms with Gasteiger partial charge in [0.25, 0.3) is 11.2 Å². The number of rotatable bonds is 5. The van der Waals surface area contributed by atoms with Gasteiger partial charge in [0.2, 0.25) is 5.91 Å². The maximum Gasteiger partial charge on any atom is 0.285 e. The lowest BCUT2D eigenvalue weighted by molar-refractivity contribution is -0.385. The summed E-state index contributed by atoms with van der Waals surface area (Å²) in [6.45, 7) is 4.04. The summed E-state index contributed by atoms with van der Waals surface area (Å²) in [4.78, 5) is 36.5. The van der Waals surface area contributed by atoms with Crippen LogP contribution in [0.1, 0.15) is 19.8 Å². The number of piperidine rings is 1. The Labute approximate surface area is 156 Å². The van der Waals surface area contributed by atoms with Gasteiger partial charge < -0.3 is 10.2 Å². The van der Waals surface area contributed by atoms with E-state index in [1.807, 2.05) is 24.3 Å². The molecular formula is C19H22N4O4. The Morgan fingerprint density at radius 2 is 1.85 bits per heavy atom. The van der Waals surface area contributed by atoms with Crippen molar-refractivity contribution < 1.29 is 9.72 Å². The highest BCUT2D eigenvalue weighted by atomic mass is 16.6. The lowest BCUT2D eigenvalue weighted by atomic mass is 9.99. The van der Waals surface area contributed by atoms with Crippen LogP contribution in [0.4, 0.5) is 17.1 Å². The molecule has 1 aliphatic heterocycles. The number of pyridine rings is 1. The smallest absolute Gasteiger partial charge is 0.285 e. The van der Waals surface area contributed by atoms with Crippen LogP contribution in [0.5, 0.6) is 0 Å². The van der Waals surface area contributed by atoms with Crippen LogP contribution in [0.3, 0.4) is 0 Å². The van der Waals surface area contributed by atoms with Gasteiger partial charge in [-0.25, -0.2) is 0 Å². The summed E-state index contributed by atoms with van der Waals surface area (Å²) < 4.78 is 1.02. The molecule has 1 aromatic carbocycles. The molecule has 1 aromatic heterocycles. The number of hydrogen-bond acceptors (Lipinski definition) is 5. The van der Waals surface area contributed by atoms with E-state index in [1.54, 1.807) is 0 Å². The molecule has 27 heavy (non-hydrogen) atoms. The van der Waals surface area contributed by atoms with Gasteiger partial charge in [0.1, 0.15) is 6.54 Å². The zero-order chi connectivity index (χ0) is 19.4. The fourth-order valence-electron chi connectivity index (χ4n) is 3.13. The van der Waals surface area contributed by atoms with E-state index in [0.29, 0.717) is 5.69 Å². The highest BCUT2D eigenvalue weighted by Crippen LogP contribution is 2.24. The topological polar surface area (TPSA) is 97.5 Å². The molecule has 8 nitrogen and oxygen atoms in total. The molecule has 1 aliphatic rings. The van der Waals surface area contributed by atoms with E-state index < -0.39 is 16.4 Å². The number of nitrogens with one attached hydrogen (secondary N) is 1. The number of benzene rings is 1. The van der Waals surface area contributed by atoms with Gasteiger partial charge in [-0.15, -0.1) is 0 Å². The summed E-state index contributed by atoms with van der Waals surface area (Å²) in [5, 5.41) is 13.5. The van der Waals surface area contributed by atoms with E-state index in [-0.39, 0.29) is 12.2 Å². The SMILES string of the molecule is CC1CCN(c2ccc(NC(=O)Cn3cc([N+](=O)[O-])ccc3=O)cc2)CC1. The van der Waals surface area contributed by atoms with Crippen molar-refractivity contribution in [2.24, 2.45) is 5.92 Å². The van der Waals surface area contributed by atoms with E-state index in [2.05, 4.69) is 17.1 Å². The summed E-state index contributed by atoms with van der Waals surface area (Å²) in [6.07, 6.45) is 3.43. The Hall–Kier alpha value is -3.16. The molecule has 0 atom stereocenters. The molecular weight excluding hydrogens is 348 g/mol. The molecule has 1 N–H and O–H groups in total. The predicted octanol–water partition coefficient (Wildman–Crippen LogP) is 2.63. The first kappa shape index (κ1) is 18.6. The number of amides is 1. The van der Waals surface area contributed by atoms with Crippen LogP contribution in [0, 0.1) is 16.0 Å². The van der Waals surface area contributed by atoms with Crippen molar-refractivity contribution in [1.29, 1.82) is 0 Å². The zero-order valence-corrected chi connectivity index (χ0v) is 15.1. The largest absolute Gasteiger partial charge is 0.372 e. The van der Waals surface area contributed by atoms with Crippen LogP contribution in [0.2, 0.25) is 0 Å². The first-order chi connectivity index (χ1) is 12.9. The highest BCUT2D eigenvalue weighted by molar-refractivity contribution is 5.90. The maximum atomic E-state index is 12.2. The van der Waals surface area contributed by atoms with Crippen LogP contribution in [0.15, 0.2) is 47.4 Å². The van der Waals surface area contributed by atoms with Gasteiger partial charge in [-0.3, -0.25) is 24.3 Å². The Balaban J connectivity index is 1.62. The van der Waals surface area contributed by atoms with Crippen molar-refractivity contribution in [3.8, 4) is 0 Å². The Kier molecular flexibility index (Phi) is 5.54. The van der Waals surface area contributed by atoms with Gasteiger partial charge in [0.05, 0.1) is 11.1 Å². The fraction of sp³-hybridized carbons (Fsp3) is 0.368. The summed E-state index contributed by atoms with van der Waals surface area (Å²) in [5.41, 5.74) is 1.04. The van der Waals surface area contributed by atoms with E-state index in [0.717, 1.165) is 47.6 Å². The van der Waals surface area contributed by atoms with E-state index in [1.165, 1.54) is 12.8 Å². The Morgan fingerprint density at radius 1 is 1.19 bits per heavy atom. The third kappa shape index (κ3) is 4.72. The lowest BCUT2D eigenvalue weighted by Gasteiger charge is -2.32. The molecule has 0 spiro atoms. The summed E-state index contributed by atoms with van der Waals surface area (Å²) in [5.74, 6) is 0.342. The maximum absolute atomic E-state index is 12.2. The second-order valence-electron chi connectivity index (χ2n) is 6.88. The minimum absolute atomic E-state index is 0.234. The molecule has 1 fully saturated rings. The molecule has 0 aliphatic carbocycles. The van der Waals surface area contributed by atoms with Crippen LogP contribution in [-0.4, -0.2) is 28.5 Å². The molecule has 1 saturated heterocycles. The van der Waals surface area contributed by atoms with Gasteiger partial charge in [0, 0.05) is 36.6 Å². The summed E-state index contributed by atoms with van der Waals surface area (Å²) >= 11 is 0. The van der Waals surface area contributed by atoms with Crippen molar-refractivity contribution in [2.45, 2.75) is 26.3 Å². The zero-order valence-electron chi connectivity index (χ0n) is 15.1. The van der Waals surface area contributed by atoms with Crippen LogP contribution in [0.25, 0.3) is 0 Å². The van der Waals surface area contributed by atoms with Crippen molar-refractivity contribution in [2.75, 3.05) is 23.3 Å². The monoisotopic (exact) mass is 370 g/mol. The van der Waals surface area contributed by atoms with Crippen molar-refractivity contribution >= 4 is 23.0 Å². The summed E-state index contributed by atoms with van der Waals surface area (Å²) in [6, 6.07) is 9.77. The average Bonchev–Trinajstić information content (AvgIpc) is 2.64. The minimum Gasteiger partial charge on any atom is -0.372 e. The number of aromatic nitrogens is 1. The van der Waals surface area contributed by atoms with Gasteiger partial charge in [-0.1, -0.05) is 6.92 Å². The Bertz CT molecular complexity index is 883. The van der Waals surface area contributed by atoms with Gasteiger partial charge >= 0.3 is 0 Å². The quantitative estimate of drug-likeness (QED) is 0.644. The first-order valence-electron chi connectivity index (χ1n) is 8.92. The van der Waals surface area contributed by atoms with E-state index >= 15 is 0 Å². The average molecular weight is 370 g/mol. The highest BCUT2D eigenvalue weighted by Gasteiger charge is 2.16. The van der Waals surface area contributed by atoms with Crippen molar-refractivity contribution in [3.63, 3.8) is 0 Å². The van der Waals surface area contributed by atoms with Gasteiger partial charge in [-0.05, 0) is 43.0 Å². The molecule has 0 unspecified atom stereocenters. The summed E-state index contributed by atoms with van der Waals surface area (Å²) in [7, 11) is 0. The third-order valence-corrected chi connectivity index (χ3v) is 4.79. The number of anilines is 2. The third-order valence-electron chi connectivity index (χ3n) is 4.79. The number of nitrogens with zero attached hydrogens (tertiary/aromatic N) is 3.